The van der Waals surface area contributed by atoms with Crippen LogP contribution in [0.1, 0.15) is 31.7 Å². The van der Waals surface area contributed by atoms with E-state index in [1.807, 2.05) is 24.3 Å². The molecule has 0 unspecified atom stereocenters. The number of esters is 1. The molecule has 0 aliphatic carbocycles. The number of likely N-dealkylation sites (tertiary alicyclic amines) is 1. The highest BCUT2D eigenvalue weighted by atomic mass is 35.5. The molecule has 5 heteroatoms. The third-order valence-electron chi connectivity index (χ3n) is 4.47. The number of likely N-dealkylation sites (N-methyl/N-ethyl adjacent to an activating group) is 1. The second kappa shape index (κ2) is 8.46. The molecule has 1 aliphatic rings. The summed E-state index contributed by atoms with van der Waals surface area (Å²) in [6.45, 7) is 2.94. The van der Waals surface area contributed by atoms with Gasteiger partial charge in [0.25, 0.3) is 0 Å². The van der Waals surface area contributed by atoms with Gasteiger partial charge in [0.15, 0.2) is 0 Å². The number of hydrogen-bond donors (Lipinski definition) is 0. The van der Waals surface area contributed by atoms with Gasteiger partial charge in [0.05, 0.1) is 6.61 Å². The summed E-state index contributed by atoms with van der Waals surface area (Å²) in [6.07, 6.45) is 2.38. The highest BCUT2D eigenvalue weighted by Gasteiger charge is 2.31. The summed E-state index contributed by atoms with van der Waals surface area (Å²) in [5.41, 5.74) is 1.21. The van der Waals surface area contributed by atoms with Gasteiger partial charge in [-0.3, -0.25) is 9.59 Å². The highest BCUT2D eigenvalue weighted by molar-refractivity contribution is 6.30. The number of carbonyl (C=O) groups excluding carboxylic acids is 2. The van der Waals surface area contributed by atoms with Crippen LogP contribution in [0.5, 0.6) is 0 Å². The zero-order chi connectivity index (χ0) is 16.8. The van der Waals surface area contributed by atoms with Gasteiger partial charge < -0.3 is 9.64 Å². The molecule has 0 N–H and O–H groups in total. The standard InChI is InChI=1S/C18H24ClNO3/c1-3-23-18(22)12-17(21)14-8-9-20(2)16(11-14)10-13-4-6-15(19)7-5-13/h4-7,14,16H,3,8-12H2,1-2H3/t14-,16-/m1/s1. The van der Waals surface area contributed by atoms with E-state index in [0.717, 1.165) is 30.8 Å². The van der Waals surface area contributed by atoms with Crippen molar-refractivity contribution >= 4 is 23.4 Å². The van der Waals surface area contributed by atoms with E-state index in [-0.39, 0.29) is 18.1 Å². The number of benzene rings is 1. The minimum Gasteiger partial charge on any atom is -0.466 e. The Balaban J connectivity index is 1.94. The minimum atomic E-state index is -0.411. The smallest absolute Gasteiger partial charge is 0.313 e. The van der Waals surface area contributed by atoms with Gasteiger partial charge in [-0.1, -0.05) is 23.7 Å². The van der Waals surface area contributed by atoms with Crippen molar-refractivity contribution in [3.8, 4) is 0 Å². The van der Waals surface area contributed by atoms with Gasteiger partial charge in [-0.15, -0.1) is 0 Å². The third kappa shape index (κ3) is 5.33. The third-order valence-corrected chi connectivity index (χ3v) is 4.73. The van der Waals surface area contributed by atoms with Crippen molar-refractivity contribution in [2.24, 2.45) is 5.92 Å². The van der Waals surface area contributed by atoms with E-state index >= 15 is 0 Å². The summed E-state index contributed by atoms with van der Waals surface area (Å²) in [4.78, 5) is 26.1. The Morgan fingerprint density at radius 1 is 1.30 bits per heavy atom. The van der Waals surface area contributed by atoms with Crippen LogP contribution in [-0.2, 0) is 20.7 Å². The minimum absolute atomic E-state index is 0.0117. The van der Waals surface area contributed by atoms with Crippen LogP contribution in [-0.4, -0.2) is 42.9 Å². The molecule has 0 amide bonds. The van der Waals surface area contributed by atoms with Crippen molar-refractivity contribution in [3.63, 3.8) is 0 Å². The Morgan fingerprint density at radius 2 is 2.00 bits per heavy atom. The Bertz CT molecular complexity index is 544. The Morgan fingerprint density at radius 3 is 2.65 bits per heavy atom. The molecule has 1 saturated heterocycles. The first-order chi connectivity index (χ1) is 11.0. The van der Waals surface area contributed by atoms with Crippen molar-refractivity contribution in [2.75, 3.05) is 20.2 Å². The zero-order valence-corrected chi connectivity index (χ0v) is 14.5. The first-order valence-corrected chi connectivity index (χ1v) is 8.50. The van der Waals surface area contributed by atoms with Crippen LogP contribution in [0.3, 0.4) is 0 Å². The largest absolute Gasteiger partial charge is 0.466 e. The van der Waals surface area contributed by atoms with Gasteiger partial charge in [0, 0.05) is 17.0 Å². The van der Waals surface area contributed by atoms with Crippen molar-refractivity contribution in [2.45, 2.75) is 38.6 Å². The molecule has 0 saturated carbocycles. The topological polar surface area (TPSA) is 46.6 Å². The second-order valence-corrected chi connectivity index (χ2v) is 6.57. The first kappa shape index (κ1) is 18.0. The lowest BCUT2D eigenvalue weighted by atomic mass is 9.84. The number of ether oxygens (including phenoxy) is 1. The molecule has 0 spiro atoms. The summed E-state index contributed by atoms with van der Waals surface area (Å²) in [5, 5.41) is 0.730. The molecule has 0 bridgehead atoms. The summed E-state index contributed by atoms with van der Waals surface area (Å²) in [5.74, 6) is -0.448. The van der Waals surface area contributed by atoms with E-state index in [4.69, 9.17) is 16.3 Å². The Hall–Kier alpha value is -1.39. The average Bonchev–Trinajstić information content (AvgIpc) is 2.51. The van der Waals surface area contributed by atoms with Crippen LogP contribution in [0.4, 0.5) is 0 Å². The summed E-state index contributed by atoms with van der Waals surface area (Å²) < 4.78 is 4.88. The fraction of sp³-hybridized carbons (Fsp3) is 0.556. The predicted molar refractivity (Wildman–Crippen MR) is 90.6 cm³/mol. The quantitative estimate of drug-likeness (QED) is 0.591. The van der Waals surface area contributed by atoms with E-state index in [0.29, 0.717) is 12.6 Å². The fourth-order valence-electron chi connectivity index (χ4n) is 3.09. The van der Waals surface area contributed by atoms with E-state index in [2.05, 4.69) is 11.9 Å². The molecule has 1 aromatic carbocycles. The normalized spacial score (nSPS) is 21.9. The van der Waals surface area contributed by atoms with Gasteiger partial charge in [0.2, 0.25) is 0 Å². The Kier molecular flexibility index (Phi) is 6.60. The van der Waals surface area contributed by atoms with Gasteiger partial charge in [-0.05, 0) is 57.5 Å². The lowest BCUT2D eigenvalue weighted by Gasteiger charge is -2.36. The van der Waals surface area contributed by atoms with E-state index in [9.17, 15) is 9.59 Å². The molecule has 0 aromatic heterocycles. The lowest BCUT2D eigenvalue weighted by molar-refractivity contribution is -0.146. The summed E-state index contributed by atoms with van der Waals surface area (Å²) in [6, 6.07) is 8.15. The maximum absolute atomic E-state index is 12.3. The molecule has 2 atom stereocenters. The van der Waals surface area contributed by atoms with Crippen LogP contribution < -0.4 is 0 Å². The van der Waals surface area contributed by atoms with Crippen LogP contribution in [0.25, 0.3) is 0 Å². The average molecular weight is 338 g/mol. The second-order valence-electron chi connectivity index (χ2n) is 6.13. The molecule has 1 fully saturated rings. The number of hydrogen-bond acceptors (Lipinski definition) is 4. The molecule has 1 heterocycles. The van der Waals surface area contributed by atoms with E-state index in [1.54, 1.807) is 6.92 Å². The lowest BCUT2D eigenvalue weighted by Crippen LogP contribution is -2.43. The number of nitrogens with zero attached hydrogens (tertiary/aromatic N) is 1. The van der Waals surface area contributed by atoms with Gasteiger partial charge in [-0.2, -0.15) is 0 Å². The van der Waals surface area contributed by atoms with E-state index in [1.165, 1.54) is 5.56 Å². The van der Waals surface area contributed by atoms with Crippen LogP contribution in [0, 0.1) is 5.92 Å². The molecular formula is C18H24ClNO3. The zero-order valence-electron chi connectivity index (χ0n) is 13.8. The molecule has 0 radical (unpaired) electrons. The van der Waals surface area contributed by atoms with Crippen LogP contribution in [0.15, 0.2) is 24.3 Å². The van der Waals surface area contributed by atoms with Gasteiger partial charge >= 0.3 is 5.97 Å². The monoisotopic (exact) mass is 337 g/mol. The van der Waals surface area contributed by atoms with Gasteiger partial charge in [-0.25, -0.2) is 0 Å². The number of rotatable bonds is 6. The molecular weight excluding hydrogens is 314 g/mol. The number of ketones is 1. The fourth-order valence-corrected chi connectivity index (χ4v) is 3.22. The molecule has 2 rings (SSSR count). The number of piperidine rings is 1. The van der Waals surface area contributed by atoms with E-state index < -0.39 is 5.97 Å². The summed E-state index contributed by atoms with van der Waals surface area (Å²) >= 11 is 5.92. The molecule has 4 nitrogen and oxygen atoms in total. The number of carbonyl (C=O) groups is 2. The molecule has 126 valence electrons. The maximum atomic E-state index is 12.3. The van der Waals surface area contributed by atoms with Crippen molar-refractivity contribution in [1.82, 2.24) is 4.90 Å². The molecule has 1 aromatic rings. The first-order valence-electron chi connectivity index (χ1n) is 8.12. The molecule has 23 heavy (non-hydrogen) atoms. The highest BCUT2D eigenvalue weighted by Crippen LogP contribution is 2.26. The number of Topliss-reactive ketones (excluding diaryl/α,β-unsaturated/α-hetero) is 1. The maximum Gasteiger partial charge on any atom is 0.313 e. The van der Waals surface area contributed by atoms with Crippen LogP contribution in [0.2, 0.25) is 5.02 Å². The van der Waals surface area contributed by atoms with Crippen molar-refractivity contribution < 1.29 is 14.3 Å². The molecule has 1 aliphatic heterocycles. The Labute approximate surface area is 142 Å². The number of halogens is 1. The van der Waals surface area contributed by atoms with Crippen molar-refractivity contribution in [3.05, 3.63) is 34.9 Å². The summed E-state index contributed by atoms with van der Waals surface area (Å²) in [7, 11) is 2.09. The van der Waals surface area contributed by atoms with Gasteiger partial charge in [0.1, 0.15) is 12.2 Å². The SMILES string of the molecule is CCOC(=O)CC(=O)[C@@H]1CCN(C)[C@H](Cc2ccc(Cl)cc2)C1. The predicted octanol–water partition coefficient (Wildman–Crippen LogP) is 3.12. The van der Waals surface area contributed by atoms with Crippen LogP contribution >= 0.6 is 11.6 Å². The van der Waals surface area contributed by atoms with Crippen molar-refractivity contribution in [1.29, 1.82) is 0 Å².